The first-order valence-electron chi connectivity index (χ1n) is 17.0. The molecular formula is C38H46N6O4. The van der Waals surface area contributed by atoms with Gasteiger partial charge in [0.15, 0.2) is 0 Å². The van der Waals surface area contributed by atoms with E-state index in [2.05, 4.69) is 70.4 Å². The lowest BCUT2D eigenvalue weighted by Gasteiger charge is -2.29. The van der Waals surface area contributed by atoms with Gasteiger partial charge in [0.2, 0.25) is 0 Å². The summed E-state index contributed by atoms with van der Waals surface area (Å²) in [6.45, 7) is 14.2. The fraction of sp³-hybridized carbons (Fsp3) is 0.474. The van der Waals surface area contributed by atoms with Gasteiger partial charge < -0.3 is 19.4 Å². The van der Waals surface area contributed by atoms with Crippen LogP contribution in [0, 0.1) is 11.8 Å². The number of imidazole rings is 2. The fourth-order valence-corrected chi connectivity index (χ4v) is 7.10. The SMILES string of the molecule is CC1CC(c2ncc(-c3ccc(-c4ccc(-c5cnc(C6CC7CC7N6C(=O)OC(C)(C)C)[nH]5)cc4)cc3)[nH]2)N(C(=O)OC(C)(C)C)C1. The second-order valence-corrected chi connectivity index (χ2v) is 15.7. The van der Waals surface area contributed by atoms with E-state index in [4.69, 9.17) is 14.5 Å². The third-order valence-electron chi connectivity index (χ3n) is 9.39. The van der Waals surface area contributed by atoms with Crippen LogP contribution in [-0.2, 0) is 9.47 Å². The number of ether oxygens (including phenoxy) is 2. The van der Waals surface area contributed by atoms with Crippen molar-refractivity contribution in [2.24, 2.45) is 11.8 Å². The molecule has 2 N–H and O–H groups in total. The number of aromatic nitrogens is 4. The number of amides is 2. The smallest absolute Gasteiger partial charge is 0.411 e. The zero-order chi connectivity index (χ0) is 34.0. The number of carbonyl (C=O) groups excluding carboxylic acids is 2. The highest BCUT2D eigenvalue weighted by atomic mass is 16.6. The highest BCUT2D eigenvalue weighted by Crippen LogP contribution is 2.53. The monoisotopic (exact) mass is 650 g/mol. The molecule has 2 aliphatic heterocycles. The summed E-state index contributed by atoms with van der Waals surface area (Å²) in [6, 6.07) is 16.8. The summed E-state index contributed by atoms with van der Waals surface area (Å²) in [5, 5.41) is 0. The third-order valence-corrected chi connectivity index (χ3v) is 9.39. The quantitative estimate of drug-likeness (QED) is 0.224. The van der Waals surface area contributed by atoms with Crippen LogP contribution in [0.25, 0.3) is 33.6 Å². The van der Waals surface area contributed by atoms with Crippen molar-refractivity contribution in [1.29, 1.82) is 0 Å². The molecule has 4 aromatic rings. The number of piperidine rings is 1. The van der Waals surface area contributed by atoms with Crippen LogP contribution in [0.5, 0.6) is 0 Å². The van der Waals surface area contributed by atoms with E-state index in [0.29, 0.717) is 18.4 Å². The first kappa shape index (κ1) is 32.0. The highest BCUT2D eigenvalue weighted by molar-refractivity contribution is 5.73. The molecule has 2 amide bonds. The van der Waals surface area contributed by atoms with Crippen molar-refractivity contribution >= 4 is 12.2 Å². The summed E-state index contributed by atoms with van der Waals surface area (Å²) in [4.78, 5) is 46.0. The molecule has 4 heterocycles. The minimum atomic E-state index is -0.547. The Balaban J connectivity index is 1.02. The lowest BCUT2D eigenvalue weighted by atomic mass is 10.0. The second kappa shape index (κ2) is 11.8. The van der Waals surface area contributed by atoms with Crippen molar-refractivity contribution in [3.05, 3.63) is 72.6 Å². The van der Waals surface area contributed by atoms with Gasteiger partial charge in [-0.15, -0.1) is 0 Å². The molecule has 48 heavy (non-hydrogen) atoms. The molecule has 5 atom stereocenters. The van der Waals surface area contributed by atoms with Crippen LogP contribution < -0.4 is 0 Å². The molecular weight excluding hydrogens is 604 g/mol. The van der Waals surface area contributed by atoms with Gasteiger partial charge in [0.05, 0.1) is 35.9 Å². The molecule has 1 aliphatic carbocycles. The number of hydrogen-bond acceptors (Lipinski definition) is 6. The molecule has 2 aromatic carbocycles. The van der Waals surface area contributed by atoms with Gasteiger partial charge in [-0.1, -0.05) is 55.5 Å². The molecule has 3 fully saturated rings. The maximum atomic E-state index is 13.0. The van der Waals surface area contributed by atoms with E-state index in [0.717, 1.165) is 64.6 Å². The van der Waals surface area contributed by atoms with Gasteiger partial charge >= 0.3 is 12.2 Å². The summed E-state index contributed by atoms with van der Waals surface area (Å²) >= 11 is 0. The van der Waals surface area contributed by atoms with E-state index in [-0.39, 0.29) is 30.3 Å². The average Bonchev–Trinajstić information content (AvgIpc) is 3.51. The minimum absolute atomic E-state index is 0.0910. The molecule has 252 valence electrons. The lowest BCUT2D eigenvalue weighted by Crippen LogP contribution is -2.38. The molecule has 10 nitrogen and oxygen atoms in total. The van der Waals surface area contributed by atoms with Gasteiger partial charge in [0.1, 0.15) is 22.9 Å². The molecule has 0 radical (unpaired) electrons. The number of nitrogens with zero attached hydrogens (tertiary/aromatic N) is 4. The lowest BCUT2D eigenvalue weighted by molar-refractivity contribution is 0.0172. The van der Waals surface area contributed by atoms with Crippen LogP contribution in [0.1, 0.15) is 91.5 Å². The van der Waals surface area contributed by atoms with Crippen molar-refractivity contribution in [3.63, 3.8) is 0 Å². The van der Waals surface area contributed by atoms with E-state index >= 15 is 0 Å². The molecule has 10 heteroatoms. The number of rotatable bonds is 5. The Morgan fingerprint density at radius 2 is 1.17 bits per heavy atom. The minimum Gasteiger partial charge on any atom is -0.444 e. The number of fused-ring (bicyclic) bond motifs is 1. The third kappa shape index (κ3) is 6.57. The van der Waals surface area contributed by atoms with Crippen molar-refractivity contribution in [3.8, 4) is 33.6 Å². The van der Waals surface area contributed by atoms with Gasteiger partial charge in [-0.05, 0) is 94.9 Å². The zero-order valence-electron chi connectivity index (χ0n) is 28.9. The van der Waals surface area contributed by atoms with Crippen LogP contribution in [0.2, 0.25) is 0 Å². The zero-order valence-corrected chi connectivity index (χ0v) is 28.9. The van der Waals surface area contributed by atoms with E-state index in [9.17, 15) is 9.59 Å². The molecule has 2 aromatic heterocycles. The van der Waals surface area contributed by atoms with Crippen molar-refractivity contribution < 1.29 is 19.1 Å². The number of aromatic amines is 2. The van der Waals surface area contributed by atoms with Crippen molar-refractivity contribution in [1.82, 2.24) is 29.7 Å². The Labute approximate surface area is 282 Å². The van der Waals surface area contributed by atoms with Crippen LogP contribution in [0.15, 0.2) is 60.9 Å². The summed E-state index contributed by atoms with van der Waals surface area (Å²) in [5.41, 5.74) is 5.03. The van der Waals surface area contributed by atoms with E-state index in [1.165, 1.54) is 0 Å². The summed E-state index contributed by atoms with van der Waals surface area (Å²) in [5.74, 6) is 2.49. The van der Waals surface area contributed by atoms with E-state index in [1.54, 1.807) is 4.90 Å². The Morgan fingerprint density at radius 3 is 1.69 bits per heavy atom. The maximum Gasteiger partial charge on any atom is 0.411 e. The van der Waals surface area contributed by atoms with Crippen LogP contribution in [0.4, 0.5) is 9.59 Å². The number of H-pyrrole nitrogens is 2. The largest absolute Gasteiger partial charge is 0.444 e. The van der Waals surface area contributed by atoms with Gasteiger partial charge in [-0.3, -0.25) is 9.80 Å². The molecule has 1 saturated carbocycles. The number of carbonyl (C=O) groups is 2. The Bertz CT molecular complexity index is 1710. The number of benzene rings is 2. The van der Waals surface area contributed by atoms with E-state index in [1.807, 2.05) is 58.8 Å². The van der Waals surface area contributed by atoms with Crippen LogP contribution in [-0.4, -0.2) is 65.7 Å². The topological polar surface area (TPSA) is 116 Å². The second-order valence-electron chi connectivity index (χ2n) is 15.7. The highest BCUT2D eigenvalue weighted by Gasteiger charge is 2.56. The predicted molar refractivity (Wildman–Crippen MR) is 184 cm³/mol. The van der Waals surface area contributed by atoms with Crippen LogP contribution in [0.3, 0.4) is 0 Å². The molecule has 0 spiro atoms. The number of hydrogen-bond donors (Lipinski definition) is 2. The first-order chi connectivity index (χ1) is 22.7. The van der Waals surface area contributed by atoms with Crippen molar-refractivity contribution in [2.45, 2.75) is 97.1 Å². The Hall–Kier alpha value is -4.60. The maximum absolute atomic E-state index is 13.0. The average molecular weight is 651 g/mol. The van der Waals surface area contributed by atoms with Crippen molar-refractivity contribution in [2.75, 3.05) is 6.54 Å². The van der Waals surface area contributed by atoms with Gasteiger partial charge in [-0.2, -0.15) is 0 Å². The van der Waals surface area contributed by atoms with E-state index < -0.39 is 11.2 Å². The molecule has 2 saturated heterocycles. The summed E-state index contributed by atoms with van der Waals surface area (Å²) < 4.78 is 11.4. The summed E-state index contributed by atoms with van der Waals surface area (Å²) in [6.07, 6.45) is 5.94. The van der Waals surface area contributed by atoms with Gasteiger partial charge in [-0.25, -0.2) is 19.6 Å². The standard InChI is InChI=1S/C38H46N6O4/c1-22-16-31(43(21-22)35(45)47-37(2,3)4)33-39-19-28(41-33)25-12-8-23(9-13-25)24-10-14-26(15-11-24)29-20-40-34(42-29)32-18-27-17-30(27)44(32)36(46)48-38(5,6)7/h8-15,19-20,22,27,30-32H,16-18,21H2,1-7H3,(H,39,41)(H,40,42). The molecule has 7 rings (SSSR count). The van der Waals surface area contributed by atoms with Crippen LogP contribution >= 0.6 is 0 Å². The Kier molecular flexibility index (Phi) is 7.88. The molecule has 3 aliphatic rings. The number of nitrogens with one attached hydrogen (secondary N) is 2. The number of likely N-dealkylation sites (tertiary alicyclic amines) is 2. The Morgan fingerprint density at radius 1 is 0.688 bits per heavy atom. The first-order valence-corrected chi connectivity index (χ1v) is 17.0. The predicted octanol–water partition coefficient (Wildman–Crippen LogP) is 8.52. The normalized spacial score (nSPS) is 23.7. The van der Waals surface area contributed by atoms with Gasteiger partial charge in [0.25, 0.3) is 0 Å². The summed E-state index contributed by atoms with van der Waals surface area (Å²) in [7, 11) is 0. The molecule has 0 bridgehead atoms. The molecule has 5 unspecified atom stereocenters. The van der Waals surface area contributed by atoms with Gasteiger partial charge in [0, 0.05) is 12.6 Å². The fourth-order valence-electron chi connectivity index (χ4n) is 7.10.